The molecule has 1 fully saturated rings. The molecular formula is C16H24N2O3. The van der Waals surface area contributed by atoms with Gasteiger partial charge in [0.25, 0.3) is 0 Å². The minimum atomic E-state index is 0.154. The second kappa shape index (κ2) is 7.88. The SMILES string of the molecule is COc1ccc(OCCNC(=O)C2CCN(C)CC2)cc1. The number of likely N-dealkylation sites (tertiary alicyclic amines) is 1. The first kappa shape index (κ1) is 15.6. The minimum Gasteiger partial charge on any atom is -0.497 e. The average molecular weight is 292 g/mol. The molecule has 0 spiro atoms. The van der Waals surface area contributed by atoms with E-state index in [0.717, 1.165) is 37.4 Å². The number of carbonyl (C=O) groups excluding carboxylic acids is 1. The number of hydrogen-bond donors (Lipinski definition) is 1. The molecule has 1 aromatic rings. The quantitative estimate of drug-likeness (QED) is 0.808. The number of ether oxygens (including phenoxy) is 2. The van der Waals surface area contributed by atoms with Crippen LogP contribution >= 0.6 is 0 Å². The van der Waals surface area contributed by atoms with Crippen molar-refractivity contribution in [3.63, 3.8) is 0 Å². The van der Waals surface area contributed by atoms with Gasteiger partial charge >= 0.3 is 0 Å². The first-order valence-electron chi connectivity index (χ1n) is 7.42. The third-order valence-corrected chi connectivity index (χ3v) is 3.82. The number of piperidine rings is 1. The molecule has 1 aromatic carbocycles. The topological polar surface area (TPSA) is 50.8 Å². The minimum absolute atomic E-state index is 0.154. The summed E-state index contributed by atoms with van der Waals surface area (Å²) in [5, 5.41) is 2.95. The van der Waals surface area contributed by atoms with E-state index < -0.39 is 0 Å². The summed E-state index contributed by atoms with van der Waals surface area (Å²) in [5.41, 5.74) is 0. The summed E-state index contributed by atoms with van der Waals surface area (Å²) in [7, 11) is 3.73. The monoisotopic (exact) mass is 292 g/mol. The Morgan fingerprint density at radius 3 is 2.48 bits per heavy atom. The van der Waals surface area contributed by atoms with Crippen LogP contribution in [-0.2, 0) is 4.79 Å². The van der Waals surface area contributed by atoms with Crippen LogP contribution in [-0.4, -0.2) is 51.2 Å². The van der Waals surface area contributed by atoms with Crippen molar-refractivity contribution in [2.24, 2.45) is 5.92 Å². The van der Waals surface area contributed by atoms with Crippen molar-refractivity contribution in [3.05, 3.63) is 24.3 Å². The highest BCUT2D eigenvalue weighted by atomic mass is 16.5. The highest BCUT2D eigenvalue weighted by Gasteiger charge is 2.22. The maximum Gasteiger partial charge on any atom is 0.223 e. The van der Waals surface area contributed by atoms with Crippen molar-refractivity contribution in [2.75, 3.05) is 40.4 Å². The molecule has 21 heavy (non-hydrogen) atoms. The van der Waals surface area contributed by atoms with Crippen LogP contribution < -0.4 is 14.8 Å². The Bertz CT molecular complexity index is 439. The molecule has 5 heteroatoms. The highest BCUT2D eigenvalue weighted by Crippen LogP contribution is 2.17. The van der Waals surface area contributed by atoms with Gasteiger partial charge in [-0.2, -0.15) is 0 Å². The van der Waals surface area contributed by atoms with Crippen molar-refractivity contribution in [3.8, 4) is 11.5 Å². The summed E-state index contributed by atoms with van der Waals surface area (Å²) in [4.78, 5) is 14.3. The van der Waals surface area contributed by atoms with Gasteiger partial charge in [0.2, 0.25) is 5.91 Å². The van der Waals surface area contributed by atoms with Crippen LogP contribution in [0.2, 0.25) is 0 Å². The lowest BCUT2D eigenvalue weighted by Gasteiger charge is -2.28. The van der Waals surface area contributed by atoms with Crippen LogP contribution in [0.15, 0.2) is 24.3 Å². The summed E-state index contributed by atoms with van der Waals surface area (Å²) < 4.78 is 10.7. The molecule has 1 heterocycles. The van der Waals surface area contributed by atoms with Crippen LogP contribution in [0.25, 0.3) is 0 Å². The van der Waals surface area contributed by atoms with E-state index in [1.54, 1.807) is 7.11 Å². The molecule has 0 bridgehead atoms. The Hall–Kier alpha value is -1.75. The molecule has 0 aromatic heterocycles. The molecule has 5 nitrogen and oxygen atoms in total. The van der Waals surface area contributed by atoms with E-state index >= 15 is 0 Å². The molecule has 0 saturated carbocycles. The van der Waals surface area contributed by atoms with Gasteiger partial charge in [-0.25, -0.2) is 0 Å². The third-order valence-electron chi connectivity index (χ3n) is 3.82. The van der Waals surface area contributed by atoms with Gasteiger partial charge in [-0.3, -0.25) is 4.79 Å². The number of rotatable bonds is 6. The Morgan fingerprint density at radius 2 is 1.86 bits per heavy atom. The zero-order valence-electron chi connectivity index (χ0n) is 12.8. The van der Waals surface area contributed by atoms with Crippen molar-refractivity contribution in [2.45, 2.75) is 12.8 Å². The van der Waals surface area contributed by atoms with E-state index in [1.165, 1.54) is 0 Å². The molecule has 1 aliphatic rings. The summed E-state index contributed by atoms with van der Waals surface area (Å²) in [6.45, 7) is 3.02. The lowest BCUT2D eigenvalue weighted by molar-refractivity contribution is -0.126. The first-order valence-corrected chi connectivity index (χ1v) is 7.42. The molecule has 116 valence electrons. The zero-order valence-corrected chi connectivity index (χ0v) is 12.8. The summed E-state index contributed by atoms with van der Waals surface area (Å²) in [6, 6.07) is 7.42. The van der Waals surface area contributed by atoms with Crippen molar-refractivity contribution in [1.82, 2.24) is 10.2 Å². The fourth-order valence-corrected chi connectivity index (χ4v) is 2.43. The predicted molar refractivity (Wildman–Crippen MR) is 81.7 cm³/mol. The smallest absolute Gasteiger partial charge is 0.223 e. The molecule has 1 saturated heterocycles. The van der Waals surface area contributed by atoms with Gasteiger partial charge in [0.05, 0.1) is 13.7 Å². The van der Waals surface area contributed by atoms with Gasteiger partial charge in [-0.05, 0) is 57.2 Å². The molecule has 1 N–H and O–H groups in total. The maximum absolute atomic E-state index is 12.0. The lowest BCUT2D eigenvalue weighted by atomic mass is 9.96. The second-order valence-corrected chi connectivity index (χ2v) is 5.39. The van der Waals surface area contributed by atoms with Gasteiger partial charge in [0, 0.05) is 5.92 Å². The number of nitrogens with zero attached hydrogens (tertiary/aromatic N) is 1. The molecule has 0 atom stereocenters. The Balaban J connectivity index is 1.63. The normalized spacial score (nSPS) is 16.5. The van der Waals surface area contributed by atoms with Crippen molar-refractivity contribution in [1.29, 1.82) is 0 Å². The maximum atomic E-state index is 12.0. The average Bonchev–Trinajstić information content (AvgIpc) is 2.52. The summed E-state index contributed by atoms with van der Waals surface area (Å²) in [5.74, 6) is 1.89. The fraction of sp³-hybridized carbons (Fsp3) is 0.562. The van der Waals surface area contributed by atoms with Crippen molar-refractivity contribution < 1.29 is 14.3 Å². The predicted octanol–water partition coefficient (Wildman–Crippen LogP) is 1.53. The van der Waals surface area contributed by atoms with Crippen molar-refractivity contribution >= 4 is 5.91 Å². The highest BCUT2D eigenvalue weighted by molar-refractivity contribution is 5.78. The standard InChI is InChI=1S/C16H24N2O3/c1-18-10-7-13(8-11-18)16(19)17-9-12-21-15-5-3-14(20-2)4-6-15/h3-6,13H,7-12H2,1-2H3,(H,17,19). The summed E-state index contributed by atoms with van der Waals surface area (Å²) in [6.07, 6.45) is 1.89. The first-order chi connectivity index (χ1) is 10.2. The van der Waals surface area contributed by atoms with E-state index in [0.29, 0.717) is 13.2 Å². The lowest BCUT2D eigenvalue weighted by Crippen LogP contribution is -2.40. The van der Waals surface area contributed by atoms with E-state index in [2.05, 4.69) is 17.3 Å². The summed E-state index contributed by atoms with van der Waals surface area (Å²) >= 11 is 0. The Labute approximate surface area is 126 Å². The van der Waals surface area contributed by atoms with Crippen LogP contribution in [0.4, 0.5) is 0 Å². The largest absolute Gasteiger partial charge is 0.497 e. The van der Waals surface area contributed by atoms with Crippen LogP contribution in [0, 0.1) is 5.92 Å². The Kier molecular flexibility index (Phi) is 5.87. The van der Waals surface area contributed by atoms with Gasteiger partial charge in [-0.15, -0.1) is 0 Å². The fourth-order valence-electron chi connectivity index (χ4n) is 2.43. The molecule has 1 amide bonds. The molecule has 0 aliphatic carbocycles. The number of benzene rings is 1. The molecular weight excluding hydrogens is 268 g/mol. The van der Waals surface area contributed by atoms with Crippen LogP contribution in [0.5, 0.6) is 11.5 Å². The van der Waals surface area contributed by atoms with Gasteiger partial charge < -0.3 is 19.7 Å². The van der Waals surface area contributed by atoms with E-state index in [9.17, 15) is 4.79 Å². The zero-order chi connectivity index (χ0) is 15.1. The van der Waals surface area contributed by atoms with Gasteiger partial charge in [0.15, 0.2) is 0 Å². The van der Waals surface area contributed by atoms with Gasteiger partial charge in [0.1, 0.15) is 18.1 Å². The molecule has 1 aliphatic heterocycles. The molecule has 0 radical (unpaired) electrons. The number of amides is 1. The van der Waals surface area contributed by atoms with E-state index in [4.69, 9.17) is 9.47 Å². The number of hydrogen-bond acceptors (Lipinski definition) is 4. The second-order valence-electron chi connectivity index (χ2n) is 5.39. The number of nitrogens with one attached hydrogen (secondary N) is 1. The molecule has 2 rings (SSSR count). The number of carbonyl (C=O) groups is 1. The van der Waals surface area contributed by atoms with E-state index in [-0.39, 0.29) is 11.8 Å². The van der Waals surface area contributed by atoms with E-state index in [1.807, 2.05) is 24.3 Å². The number of methoxy groups -OCH3 is 1. The third kappa shape index (κ3) is 4.93. The van der Waals surface area contributed by atoms with Gasteiger partial charge in [-0.1, -0.05) is 0 Å². The Morgan fingerprint density at radius 1 is 1.24 bits per heavy atom. The molecule has 0 unspecified atom stereocenters. The van der Waals surface area contributed by atoms with Crippen LogP contribution in [0.1, 0.15) is 12.8 Å². The van der Waals surface area contributed by atoms with Crippen LogP contribution in [0.3, 0.4) is 0 Å².